The van der Waals surface area contributed by atoms with Gasteiger partial charge in [0.2, 0.25) is 5.95 Å². The average Bonchev–Trinajstić information content (AvgIpc) is 2.38. The third kappa shape index (κ3) is 4.19. The highest BCUT2D eigenvalue weighted by Gasteiger charge is 2.01. The van der Waals surface area contributed by atoms with Crippen molar-refractivity contribution >= 4 is 11.8 Å². The number of hydrogen-bond acceptors (Lipinski definition) is 4. The van der Waals surface area contributed by atoms with Gasteiger partial charge in [0.25, 0.3) is 0 Å². The minimum Gasteiger partial charge on any atom is -0.370 e. The number of aromatic nitrogens is 2. The molecular weight excluding hydrogens is 255 g/mol. The Kier molecular flexibility index (Phi) is 4.87. The number of nitrogens with zero attached hydrogens (tertiary/aromatic N) is 2. The lowest BCUT2D eigenvalue weighted by Gasteiger charge is -2.09. The molecule has 106 valence electrons. The number of hydrogen-bond donors (Lipinski definition) is 2. The van der Waals surface area contributed by atoms with Crippen LogP contribution in [0.2, 0.25) is 0 Å². The maximum absolute atomic E-state index is 13.1. The zero-order valence-corrected chi connectivity index (χ0v) is 11.8. The van der Waals surface area contributed by atoms with Crippen molar-refractivity contribution in [3.05, 3.63) is 47.4 Å². The molecule has 0 unspecified atom stereocenters. The van der Waals surface area contributed by atoms with Gasteiger partial charge in [-0.2, -0.15) is 4.98 Å². The Labute approximate surface area is 118 Å². The largest absolute Gasteiger partial charge is 0.370 e. The summed E-state index contributed by atoms with van der Waals surface area (Å²) in [6.45, 7) is 5.42. The highest BCUT2D eigenvalue weighted by molar-refractivity contribution is 5.42. The number of anilines is 2. The van der Waals surface area contributed by atoms with Crippen molar-refractivity contribution in [1.29, 1.82) is 0 Å². The van der Waals surface area contributed by atoms with Gasteiger partial charge in [0.05, 0.1) is 0 Å². The smallest absolute Gasteiger partial charge is 0.224 e. The van der Waals surface area contributed by atoms with Gasteiger partial charge in [-0.1, -0.05) is 12.1 Å². The Morgan fingerprint density at radius 2 is 2.00 bits per heavy atom. The lowest BCUT2D eigenvalue weighted by molar-refractivity contribution is 0.625. The Morgan fingerprint density at radius 1 is 1.15 bits per heavy atom. The lowest BCUT2D eigenvalue weighted by Crippen LogP contribution is -2.10. The first-order valence-electron chi connectivity index (χ1n) is 6.75. The molecule has 2 N–H and O–H groups in total. The van der Waals surface area contributed by atoms with Gasteiger partial charge in [0, 0.05) is 24.8 Å². The molecule has 0 aliphatic carbocycles. The van der Waals surface area contributed by atoms with E-state index in [9.17, 15) is 4.39 Å². The van der Waals surface area contributed by atoms with E-state index in [0.29, 0.717) is 12.5 Å². The summed E-state index contributed by atoms with van der Waals surface area (Å²) in [6, 6.07) is 8.54. The highest BCUT2D eigenvalue weighted by atomic mass is 19.1. The molecule has 0 spiro atoms. The molecule has 0 saturated carbocycles. The average molecular weight is 274 g/mol. The van der Waals surface area contributed by atoms with Crippen LogP contribution in [0.3, 0.4) is 0 Å². The molecular formula is C15H19FN4. The Morgan fingerprint density at radius 3 is 2.75 bits per heavy atom. The molecule has 0 amide bonds. The predicted octanol–water partition coefficient (Wildman–Crippen LogP) is 3.01. The Hall–Kier alpha value is -2.17. The monoisotopic (exact) mass is 274 g/mol. The van der Waals surface area contributed by atoms with Crippen LogP contribution in [0.4, 0.5) is 16.2 Å². The molecule has 0 aliphatic rings. The first-order valence-corrected chi connectivity index (χ1v) is 6.75. The SMILES string of the molecule is CCNc1nc(C)cc(NCCc2cccc(F)c2)n1. The molecule has 0 bridgehead atoms. The Bertz CT molecular complexity index is 572. The van der Waals surface area contributed by atoms with Gasteiger partial charge in [-0.3, -0.25) is 0 Å². The fraction of sp³-hybridized carbons (Fsp3) is 0.333. The molecule has 20 heavy (non-hydrogen) atoms. The summed E-state index contributed by atoms with van der Waals surface area (Å²) in [7, 11) is 0. The van der Waals surface area contributed by atoms with Crippen LogP contribution < -0.4 is 10.6 Å². The van der Waals surface area contributed by atoms with Gasteiger partial charge in [0.15, 0.2) is 0 Å². The van der Waals surface area contributed by atoms with Crippen LogP contribution in [-0.4, -0.2) is 23.1 Å². The van der Waals surface area contributed by atoms with Crippen LogP contribution >= 0.6 is 0 Å². The number of halogens is 1. The van der Waals surface area contributed by atoms with Crippen LogP contribution in [0, 0.1) is 12.7 Å². The van der Waals surface area contributed by atoms with Gasteiger partial charge >= 0.3 is 0 Å². The van der Waals surface area contributed by atoms with E-state index in [1.807, 2.05) is 26.0 Å². The van der Waals surface area contributed by atoms with Crippen LogP contribution in [0.1, 0.15) is 18.2 Å². The van der Waals surface area contributed by atoms with Crippen molar-refractivity contribution in [1.82, 2.24) is 9.97 Å². The van der Waals surface area contributed by atoms with E-state index in [4.69, 9.17) is 0 Å². The molecule has 0 fully saturated rings. The third-order valence-corrected chi connectivity index (χ3v) is 2.80. The molecule has 4 nitrogen and oxygen atoms in total. The minimum absolute atomic E-state index is 0.199. The minimum atomic E-state index is -0.199. The first-order chi connectivity index (χ1) is 9.67. The summed E-state index contributed by atoms with van der Waals surface area (Å²) in [5.74, 6) is 1.21. The standard InChI is InChI=1S/C15H19FN4/c1-3-17-15-19-11(2)9-14(20-15)18-8-7-12-5-4-6-13(16)10-12/h4-6,9-10H,3,7-8H2,1-2H3,(H2,17,18,19,20). The van der Waals surface area contributed by atoms with Crippen LogP contribution in [0.5, 0.6) is 0 Å². The first kappa shape index (κ1) is 14.2. The fourth-order valence-electron chi connectivity index (χ4n) is 1.92. The summed E-state index contributed by atoms with van der Waals surface area (Å²) < 4.78 is 13.1. The fourth-order valence-corrected chi connectivity index (χ4v) is 1.92. The molecule has 2 rings (SSSR count). The second-order valence-electron chi connectivity index (χ2n) is 4.56. The molecule has 0 atom stereocenters. The number of nitrogens with one attached hydrogen (secondary N) is 2. The number of benzene rings is 1. The van der Waals surface area contributed by atoms with Gasteiger partial charge in [-0.15, -0.1) is 0 Å². The normalized spacial score (nSPS) is 10.3. The van der Waals surface area contributed by atoms with Crippen molar-refractivity contribution < 1.29 is 4.39 Å². The molecule has 2 aromatic rings. The molecule has 0 radical (unpaired) electrons. The van der Waals surface area contributed by atoms with Gasteiger partial charge in [-0.05, 0) is 38.0 Å². The van der Waals surface area contributed by atoms with Crippen molar-refractivity contribution in [2.75, 3.05) is 23.7 Å². The van der Waals surface area contributed by atoms with Crippen LogP contribution in [-0.2, 0) is 6.42 Å². The molecule has 5 heteroatoms. The highest BCUT2D eigenvalue weighted by Crippen LogP contribution is 2.10. The topological polar surface area (TPSA) is 49.8 Å². The summed E-state index contributed by atoms with van der Waals surface area (Å²) >= 11 is 0. The quantitative estimate of drug-likeness (QED) is 0.850. The van der Waals surface area contributed by atoms with Crippen molar-refractivity contribution in [2.45, 2.75) is 20.3 Å². The van der Waals surface area contributed by atoms with E-state index in [0.717, 1.165) is 30.0 Å². The molecule has 1 aromatic carbocycles. The summed E-state index contributed by atoms with van der Waals surface area (Å²) in [5.41, 5.74) is 1.87. The predicted molar refractivity (Wildman–Crippen MR) is 79.5 cm³/mol. The van der Waals surface area contributed by atoms with Crippen molar-refractivity contribution in [2.24, 2.45) is 0 Å². The third-order valence-electron chi connectivity index (χ3n) is 2.80. The maximum atomic E-state index is 13.1. The summed E-state index contributed by atoms with van der Waals surface area (Å²) in [4.78, 5) is 8.65. The summed E-state index contributed by atoms with van der Waals surface area (Å²) in [6.07, 6.45) is 0.747. The molecule has 0 aliphatic heterocycles. The van der Waals surface area contributed by atoms with Gasteiger partial charge in [0.1, 0.15) is 11.6 Å². The second-order valence-corrected chi connectivity index (χ2v) is 4.56. The van der Waals surface area contributed by atoms with E-state index in [1.165, 1.54) is 6.07 Å². The second kappa shape index (κ2) is 6.84. The van der Waals surface area contributed by atoms with Gasteiger partial charge < -0.3 is 10.6 Å². The van der Waals surface area contributed by atoms with E-state index >= 15 is 0 Å². The Balaban J connectivity index is 1.93. The number of rotatable bonds is 6. The number of aryl methyl sites for hydroxylation is 1. The lowest BCUT2D eigenvalue weighted by atomic mass is 10.1. The van der Waals surface area contributed by atoms with Crippen LogP contribution in [0.15, 0.2) is 30.3 Å². The van der Waals surface area contributed by atoms with Gasteiger partial charge in [-0.25, -0.2) is 9.37 Å². The maximum Gasteiger partial charge on any atom is 0.224 e. The van der Waals surface area contributed by atoms with E-state index < -0.39 is 0 Å². The zero-order valence-electron chi connectivity index (χ0n) is 11.8. The summed E-state index contributed by atoms with van der Waals surface area (Å²) in [5, 5.41) is 6.33. The van der Waals surface area contributed by atoms with E-state index in [1.54, 1.807) is 12.1 Å². The van der Waals surface area contributed by atoms with Crippen molar-refractivity contribution in [3.8, 4) is 0 Å². The molecule has 1 heterocycles. The zero-order chi connectivity index (χ0) is 14.4. The van der Waals surface area contributed by atoms with E-state index in [-0.39, 0.29) is 5.82 Å². The van der Waals surface area contributed by atoms with Crippen molar-refractivity contribution in [3.63, 3.8) is 0 Å². The molecule has 0 saturated heterocycles. The molecule has 1 aromatic heterocycles. The van der Waals surface area contributed by atoms with Crippen LogP contribution in [0.25, 0.3) is 0 Å². The van der Waals surface area contributed by atoms with E-state index in [2.05, 4.69) is 20.6 Å².